The average molecular weight is 1120 g/mol. The minimum absolute atomic E-state index is 0.492. The Balaban J connectivity index is 1.07. The van der Waals surface area contributed by atoms with Gasteiger partial charge in [-0.25, -0.2) is 0 Å². The first kappa shape index (κ1) is 60.7. The number of aliphatic hydroxyl groups excluding tert-OH is 19. The van der Waals surface area contributed by atoms with E-state index >= 15 is 0 Å². The van der Waals surface area contributed by atoms with Crippen LogP contribution in [0.2, 0.25) is 0 Å². The van der Waals surface area contributed by atoms with Gasteiger partial charge in [-0.05, 0) is 0 Å². The van der Waals surface area contributed by atoms with E-state index in [2.05, 4.69) is 0 Å². The monoisotopic (exact) mass is 1120 g/mol. The van der Waals surface area contributed by atoms with Crippen molar-refractivity contribution in [2.75, 3.05) is 46.2 Å². The Labute approximate surface area is 430 Å². The SMILES string of the molecule is NC1[C@@H]2OC(CO)[C@@H](O[C@H]3OC(CO)[C@@H](O[C@H]4OC(CO)[C@H](CC4O)O[C@H]4OC(CO)[C@H](O[C@H]5OC(CO)[C@@H](O[C@H]6OC(CO)[C@@H](O[C@H]7OC(CO)[C@@H](O2)[C@H](O)C7O)[C@H](O)C6O)[C@H](O)C5O)[C@H](O)C4O)[C@H](O)C3O)[C@@H]1O. The fourth-order valence-electron chi connectivity index (χ4n) is 10.4. The van der Waals surface area contributed by atoms with Crippen LogP contribution in [0.4, 0.5) is 0 Å². The Hall–Kier alpha value is -1.36. The predicted octanol–water partition coefficient (Wildman–Crippen LogP) is -14.2. The van der Waals surface area contributed by atoms with Gasteiger partial charge in [0.15, 0.2) is 44.0 Å². The highest BCUT2D eigenvalue weighted by atomic mass is 16.8. The average Bonchev–Trinajstić information content (AvgIpc) is 3.42. The van der Waals surface area contributed by atoms with E-state index in [1.165, 1.54) is 0 Å². The molecule has 76 heavy (non-hydrogen) atoms. The Morgan fingerprint density at radius 3 is 0.763 bits per heavy atom. The molecule has 21 aliphatic rings. The van der Waals surface area contributed by atoms with Gasteiger partial charge in [0.05, 0.1) is 58.4 Å². The fourth-order valence-corrected chi connectivity index (χ4v) is 10.4. The minimum Gasteiger partial charge on any atom is -0.394 e. The summed E-state index contributed by atoms with van der Waals surface area (Å²) in [6.07, 6.45) is -62.1. The van der Waals surface area contributed by atoms with E-state index in [-0.39, 0.29) is 0 Å². The van der Waals surface area contributed by atoms with Crippen molar-refractivity contribution in [2.24, 2.45) is 5.73 Å². The van der Waals surface area contributed by atoms with Crippen LogP contribution in [0.3, 0.4) is 0 Å². The van der Waals surface area contributed by atoms with Gasteiger partial charge in [-0.1, -0.05) is 0 Å². The molecule has 0 aromatic heterocycles. The van der Waals surface area contributed by atoms with Crippen LogP contribution < -0.4 is 5.73 Å². The van der Waals surface area contributed by atoms with Gasteiger partial charge in [0, 0.05) is 6.42 Å². The third kappa shape index (κ3) is 11.9. The third-order valence-corrected chi connectivity index (χ3v) is 14.8. The number of hydrogen-bond acceptors (Lipinski definition) is 34. The van der Waals surface area contributed by atoms with Gasteiger partial charge in [-0.2, -0.15) is 0 Å². The van der Waals surface area contributed by atoms with Gasteiger partial charge in [0.2, 0.25) is 0 Å². The summed E-state index contributed by atoms with van der Waals surface area (Å²) in [5.41, 5.74) is 6.30. The smallest absolute Gasteiger partial charge is 0.187 e. The zero-order chi connectivity index (χ0) is 55.2. The van der Waals surface area contributed by atoms with Gasteiger partial charge in [0.1, 0.15) is 153 Å². The number of hydrogen-bond donors (Lipinski definition) is 20. The molecule has 0 aromatic carbocycles. The molecular formula is C42H71NO33. The normalized spacial score (nSPS) is 54.9. The molecule has 21 aliphatic heterocycles. The standard InChI is InChI=1S/C42H71NO33/c43-18-19(52)30-12(3-45)65-37(18)72-32-14(5-47)68-40(27(60)22(32)55)75-34-16(7-49)70-42(29(62)24(34)57)76-35-17(8-50)69-41(28(61)23(35)56)74-33-15(6-48)66-38(25(58)20(33)53)63-10-1-9(51)36(64-11(10)2-44)71-31-13(4-46)67-39(73-30)26(59)21(31)54/h9-42,44-62H,1-8,43H2/t9?,10-,11?,12?,13?,14?,15?,16?,17?,18?,19+,20+,21+,22+,23+,24+,25?,26?,27?,28?,29?,30+,31+,32+,33-,34+,35+,36+,37+,38-,39+,40+,41+,42+/m0/s1. The summed E-state index contributed by atoms with van der Waals surface area (Å²) in [6.45, 7) is -6.79. The summed E-state index contributed by atoms with van der Waals surface area (Å²) in [6, 6.07) is -1.68. The molecule has 0 spiro atoms. The number of ether oxygens (including phenoxy) is 14. The summed E-state index contributed by atoms with van der Waals surface area (Å²) in [5.74, 6) is 0. The van der Waals surface area contributed by atoms with Crippen molar-refractivity contribution >= 4 is 0 Å². The summed E-state index contributed by atoms with van der Waals surface area (Å²) >= 11 is 0. The molecule has 34 nitrogen and oxygen atoms in total. The van der Waals surface area contributed by atoms with Crippen LogP contribution in [-0.2, 0) is 66.3 Å². The van der Waals surface area contributed by atoms with Crippen LogP contribution in [0.5, 0.6) is 0 Å². The summed E-state index contributed by atoms with van der Waals surface area (Å²) < 4.78 is 80.5. The molecule has 0 amide bonds. The largest absolute Gasteiger partial charge is 0.394 e. The van der Waals surface area contributed by atoms with Crippen LogP contribution >= 0.6 is 0 Å². The lowest BCUT2D eigenvalue weighted by atomic mass is 9.94. The maximum atomic E-state index is 11.4. The topological polar surface area (TPSA) is 540 Å². The van der Waals surface area contributed by atoms with Crippen LogP contribution in [-0.4, -0.2) is 352 Å². The molecule has 21 fully saturated rings. The van der Waals surface area contributed by atoms with Crippen molar-refractivity contribution in [2.45, 2.75) is 215 Å². The molecule has 21 N–H and O–H groups in total. The van der Waals surface area contributed by atoms with Gasteiger partial charge >= 0.3 is 0 Å². The number of nitrogens with two attached hydrogens (primary N) is 1. The van der Waals surface area contributed by atoms with E-state index in [0.29, 0.717) is 0 Å². The van der Waals surface area contributed by atoms with E-state index in [9.17, 15) is 97.0 Å². The highest BCUT2D eigenvalue weighted by molar-refractivity contribution is 5.01. The van der Waals surface area contributed by atoms with Crippen LogP contribution in [0.1, 0.15) is 6.42 Å². The summed E-state index contributed by atoms with van der Waals surface area (Å²) in [4.78, 5) is 0. The quantitative estimate of drug-likeness (QED) is 0.113. The Bertz CT molecular complexity index is 1790. The van der Waals surface area contributed by atoms with Crippen molar-refractivity contribution in [3.05, 3.63) is 0 Å². The molecule has 0 saturated carbocycles. The van der Waals surface area contributed by atoms with E-state index in [4.69, 9.17) is 72.0 Å². The highest BCUT2D eigenvalue weighted by Gasteiger charge is 2.58. The van der Waals surface area contributed by atoms with Gasteiger partial charge < -0.3 is 169 Å². The zero-order valence-electron chi connectivity index (χ0n) is 40.1. The highest BCUT2D eigenvalue weighted by Crippen LogP contribution is 2.38. The first-order valence-electron chi connectivity index (χ1n) is 24.6. The van der Waals surface area contributed by atoms with Crippen molar-refractivity contribution in [3.63, 3.8) is 0 Å². The molecule has 21 saturated heterocycles. The molecule has 14 bridgehead atoms. The minimum atomic E-state index is -2.18. The van der Waals surface area contributed by atoms with Crippen LogP contribution in [0.15, 0.2) is 0 Å². The summed E-state index contributed by atoms with van der Waals surface area (Å²) in [7, 11) is 0. The lowest BCUT2D eigenvalue weighted by Crippen LogP contribution is -2.69. The van der Waals surface area contributed by atoms with Crippen LogP contribution in [0, 0.1) is 0 Å². The van der Waals surface area contributed by atoms with E-state index in [1.54, 1.807) is 0 Å². The fraction of sp³-hybridized carbons (Fsp3) is 1.00. The second kappa shape index (κ2) is 25.8. The lowest BCUT2D eigenvalue weighted by molar-refractivity contribution is -0.393. The Kier molecular flexibility index (Phi) is 20.6. The van der Waals surface area contributed by atoms with Crippen molar-refractivity contribution in [1.29, 1.82) is 0 Å². The van der Waals surface area contributed by atoms with E-state index < -0.39 is 261 Å². The van der Waals surface area contributed by atoms with Gasteiger partial charge in [0.25, 0.3) is 0 Å². The number of aliphatic hydroxyl groups is 19. The maximum absolute atomic E-state index is 11.4. The molecule has 0 radical (unpaired) electrons. The molecule has 21 rings (SSSR count). The zero-order valence-corrected chi connectivity index (χ0v) is 40.1. The predicted molar refractivity (Wildman–Crippen MR) is 229 cm³/mol. The molecule has 0 aromatic rings. The molecule has 21 heterocycles. The third-order valence-electron chi connectivity index (χ3n) is 14.8. The van der Waals surface area contributed by atoms with Crippen LogP contribution in [0.25, 0.3) is 0 Å². The second-order valence-corrected chi connectivity index (χ2v) is 19.6. The Morgan fingerprint density at radius 1 is 0.250 bits per heavy atom. The molecular weight excluding hydrogens is 1050 g/mol. The van der Waals surface area contributed by atoms with E-state index in [1.807, 2.05) is 0 Å². The van der Waals surface area contributed by atoms with Gasteiger partial charge in [-0.15, -0.1) is 0 Å². The molecule has 14 unspecified atom stereocenters. The van der Waals surface area contributed by atoms with Gasteiger partial charge in [-0.3, -0.25) is 0 Å². The summed E-state index contributed by atoms with van der Waals surface area (Å²) in [5, 5.41) is 208. The molecule has 34 atom stereocenters. The van der Waals surface area contributed by atoms with Crippen molar-refractivity contribution < 1.29 is 163 Å². The van der Waals surface area contributed by atoms with E-state index in [0.717, 1.165) is 0 Å². The number of rotatable bonds is 7. The molecule has 0 aliphatic carbocycles. The lowest BCUT2D eigenvalue weighted by Gasteiger charge is -2.50. The molecule has 34 heteroatoms. The first-order valence-corrected chi connectivity index (χ1v) is 24.6. The maximum Gasteiger partial charge on any atom is 0.187 e. The first-order chi connectivity index (χ1) is 36.2. The Morgan fingerprint density at radius 2 is 0.474 bits per heavy atom. The van der Waals surface area contributed by atoms with Crippen molar-refractivity contribution in [3.8, 4) is 0 Å². The second-order valence-electron chi connectivity index (χ2n) is 19.6. The molecule has 442 valence electrons. The van der Waals surface area contributed by atoms with Crippen molar-refractivity contribution in [1.82, 2.24) is 0 Å².